The third-order valence-corrected chi connectivity index (χ3v) is 3.14. The molecule has 0 aliphatic heterocycles. The number of benzene rings is 2. The van der Waals surface area contributed by atoms with E-state index in [1.807, 2.05) is 13.8 Å². The predicted molar refractivity (Wildman–Crippen MR) is 89.9 cm³/mol. The molecule has 2 aromatic carbocycles. The van der Waals surface area contributed by atoms with Crippen molar-refractivity contribution in [3.05, 3.63) is 59.7 Å². The third kappa shape index (κ3) is 4.61. The van der Waals surface area contributed by atoms with Crippen LogP contribution in [0.1, 0.15) is 29.8 Å². The number of hydrogen-bond acceptors (Lipinski definition) is 4. The van der Waals surface area contributed by atoms with Crippen LogP contribution >= 0.6 is 0 Å². The van der Waals surface area contributed by atoms with Crippen LogP contribution in [-0.2, 0) is 0 Å². The number of aromatic hydroxyl groups is 2. The number of rotatable bonds is 6. The molecule has 23 heavy (non-hydrogen) atoms. The monoisotopic (exact) mass is 312 g/mol. The van der Waals surface area contributed by atoms with Crippen molar-refractivity contribution in [2.45, 2.75) is 13.8 Å². The molecule has 0 amide bonds. The van der Waals surface area contributed by atoms with Gasteiger partial charge >= 0.3 is 0 Å². The molecule has 0 bridgehead atoms. The zero-order chi connectivity index (χ0) is 16.8. The highest BCUT2D eigenvalue weighted by Gasteiger charge is 2.15. The van der Waals surface area contributed by atoms with E-state index in [2.05, 4.69) is 0 Å². The lowest BCUT2D eigenvalue weighted by Crippen LogP contribution is -2.08. The van der Waals surface area contributed by atoms with Gasteiger partial charge in [0.1, 0.15) is 22.8 Å². The summed E-state index contributed by atoms with van der Waals surface area (Å²) in [7, 11) is 0. The van der Waals surface area contributed by atoms with Crippen molar-refractivity contribution in [1.82, 2.24) is 0 Å². The largest absolute Gasteiger partial charge is 0.508 e. The van der Waals surface area contributed by atoms with Crippen LogP contribution in [0.25, 0.3) is 6.08 Å². The quantitative estimate of drug-likeness (QED) is 0.624. The molecule has 0 aromatic heterocycles. The molecule has 2 rings (SSSR count). The summed E-state index contributed by atoms with van der Waals surface area (Å²) in [6, 6.07) is 11.3. The molecule has 0 aliphatic rings. The minimum Gasteiger partial charge on any atom is -0.508 e. The van der Waals surface area contributed by atoms with Crippen molar-refractivity contribution in [3.63, 3.8) is 0 Å². The summed E-state index contributed by atoms with van der Waals surface area (Å²) in [5.41, 5.74) is 0.930. The van der Waals surface area contributed by atoms with E-state index in [0.29, 0.717) is 18.3 Å². The van der Waals surface area contributed by atoms with Gasteiger partial charge in [-0.3, -0.25) is 4.79 Å². The average molecular weight is 312 g/mol. The maximum Gasteiger partial charge on any atom is 0.193 e. The van der Waals surface area contributed by atoms with E-state index in [1.54, 1.807) is 42.5 Å². The minimum absolute atomic E-state index is 0.105. The van der Waals surface area contributed by atoms with Gasteiger partial charge in [0.15, 0.2) is 5.78 Å². The van der Waals surface area contributed by atoms with Crippen LogP contribution in [-0.4, -0.2) is 22.6 Å². The zero-order valence-corrected chi connectivity index (χ0v) is 13.2. The van der Waals surface area contributed by atoms with E-state index in [1.165, 1.54) is 12.1 Å². The van der Waals surface area contributed by atoms with E-state index >= 15 is 0 Å². The summed E-state index contributed by atoms with van der Waals surface area (Å²) < 4.78 is 5.62. The van der Waals surface area contributed by atoms with E-state index in [9.17, 15) is 15.0 Å². The topological polar surface area (TPSA) is 66.8 Å². The van der Waals surface area contributed by atoms with Gasteiger partial charge in [0.25, 0.3) is 0 Å². The van der Waals surface area contributed by atoms with E-state index in [0.717, 1.165) is 5.56 Å². The normalized spacial score (nSPS) is 11.1. The molecule has 4 nitrogen and oxygen atoms in total. The Labute approximate surface area is 135 Å². The Hall–Kier alpha value is -2.75. The molecule has 0 spiro atoms. The maximum absolute atomic E-state index is 12.4. The Bertz CT molecular complexity index is 700. The van der Waals surface area contributed by atoms with Gasteiger partial charge < -0.3 is 14.9 Å². The van der Waals surface area contributed by atoms with Crippen LogP contribution in [0.4, 0.5) is 0 Å². The van der Waals surface area contributed by atoms with Gasteiger partial charge in [-0.05, 0) is 41.8 Å². The molecule has 0 aliphatic carbocycles. The van der Waals surface area contributed by atoms with Gasteiger partial charge in [-0.15, -0.1) is 0 Å². The number of allylic oxidation sites excluding steroid dienone is 1. The van der Waals surface area contributed by atoms with Gasteiger partial charge in [-0.1, -0.05) is 38.1 Å². The van der Waals surface area contributed by atoms with Crippen molar-refractivity contribution in [2.75, 3.05) is 6.61 Å². The van der Waals surface area contributed by atoms with Crippen molar-refractivity contribution in [1.29, 1.82) is 0 Å². The second-order valence-corrected chi connectivity index (χ2v) is 5.64. The summed E-state index contributed by atoms with van der Waals surface area (Å²) in [5, 5.41) is 19.2. The predicted octanol–water partition coefficient (Wildman–Crippen LogP) is 4.03. The fourth-order valence-electron chi connectivity index (χ4n) is 1.98. The van der Waals surface area contributed by atoms with Crippen LogP contribution in [0.5, 0.6) is 17.2 Å². The van der Waals surface area contributed by atoms with Crippen LogP contribution in [0.2, 0.25) is 0 Å². The molecular weight excluding hydrogens is 292 g/mol. The number of phenols is 2. The summed E-state index contributed by atoms with van der Waals surface area (Å²) in [4.78, 5) is 12.4. The molecular formula is C19H20O4. The first-order valence-electron chi connectivity index (χ1n) is 7.43. The van der Waals surface area contributed by atoms with Gasteiger partial charge in [0.05, 0.1) is 6.61 Å². The number of ketones is 1. The number of carbonyl (C=O) groups is 1. The molecule has 0 heterocycles. The number of carbonyl (C=O) groups excluding carboxylic acids is 1. The van der Waals surface area contributed by atoms with E-state index in [-0.39, 0.29) is 22.8 Å². The molecule has 2 aromatic rings. The van der Waals surface area contributed by atoms with Crippen LogP contribution < -0.4 is 4.74 Å². The van der Waals surface area contributed by atoms with Gasteiger partial charge in [0, 0.05) is 0 Å². The lowest BCUT2D eigenvalue weighted by Gasteiger charge is -2.12. The number of phenolic OH excluding ortho intramolecular Hbond substituents is 2. The lowest BCUT2D eigenvalue weighted by molar-refractivity contribution is 0.104. The Morgan fingerprint density at radius 2 is 1.83 bits per heavy atom. The molecule has 0 saturated heterocycles. The summed E-state index contributed by atoms with van der Waals surface area (Å²) in [5.74, 6) is 0.409. The highest BCUT2D eigenvalue weighted by Crippen LogP contribution is 2.29. The van der Waals surface area contributed by atoms with Crippen molar-refractivity contribution < 1.29 is 19.7 Å². The Morgan fingerprint density at radius 1 is 1.13 bits per heavy atom. The molecule has 4 heteroatoms. The Morgan fingerprint density at radius 3 is 2.48 bits per heavy atom. The standard InChI is InChI=1S/C19H20O4/c1-13(2)12-23-18-5-3-4-16(21)19(18)17(22)11-8-14-6-9-15(20)10-7-14/h3-11,13,20-21H,12H2,1-2H3/b11-8+. The minimum atomic E-state index is -0.338. The van der Waals surface area contributed by atoms with E-state index in [4.69, 9.17) is 4.74 Å². The number of hydrogen-bond donors (Lipinski definition) is 2. The van der Waals surface area contributed by atoms with Gasteiger partial charge in [-0.25, -0.2) is 0 Å². The molecule has 0 radical (unpaired) electrons. The van der Waals surface area contributed by atoms with Gasteiger partial charge in [0.2, 0.25) is 0 Å². The van der Waals surface area contributed by atoms with Crippen molar-refractivity contribution in [2.24, 2.45) is 5.92 Å². The number of ether oxygens (including phenoxy) is 1. The molecule has 0 unspecified atom stereocenters. The first-order chi connectivity index (χ1) is 11.0. The first-order valence-corrected chi connectivity index (χ1v) is 7.43. The van der Waals surface area contributed by atoms with Crippen molar-refractivity contribution in [3.8, 4) is 17.2 Å². The Balaban J connectivity index is 2.22. The third-order valence-electron chi connectivity index (χ3n) is 3.14. The highest BCUT2D eigenvalue weighted by molar-refractivity contribution is 6.10. The van der Waals surface area contributed by atoms with Crippen LogP contribution in [0.3, 0.4) is 0 Å². The van der Waals surface area contributed by atoms with Gasteiger partial charge in [-0.2, -0.15) is 0 Å². The average Bonchev–Trinajstić information content (AvgIpc) is 2.52. The maximum atomic E-state index is 12.4. The second-order valence-electron chi connectivity index (χ2n) is 5.64. The summed E-state index contributed by atoms with van der Waals surface area (Å²) >= 11 is 0. The van der Waals surface area contributed by atoms with Crippen molar-refractivity contribution >= 4 is 11.9 Å². The second kappa shape index (κ2) is 7.49. The van der Waals surface area contributed by atoms with E-state index < -0.39 is 0 Å². The highest BCUT2D eigenvalue weighted by atomic mass is 16.5. The smallest absolute Gasteiger partial charge is 0.193 e. The summed E-state index contributed by atoms with van der Waals surface area (Å²) in [6.45, 7) is 4.48. The fourth-order valence-corrected chi connectivity index (χ4v) is 1.98. The summed E-state index contributed by atoms with van der Waals surface area (Å²) in [6.07, 6.45) is 3.00. The lowest BCUT2D eigenvalue weighted by atomic mass is 10.1. The Kier molecular flexibility index (Phi) is 5.41. The molecule has 120 valence electrons. The fraction of sp³-hybridized carbons (Fsp3) is 0.211. The van der Waals surface area contributed by atoms with Crippen LogP contribution in [0, 0.1) is 5.92 Å². The first kappa shape index (κ1) is 16.6. The molecule has 0 atom stereocenters. The molecule has 2 N–H and O–H groups in total. The molecule has 0 fully saturated rings. The van der Waals surface area contributed by atoms with Crippen LogP contribution in [0.15, 0.2) is 48.5 Å². The zero-order valence-electron chi connectivity index (χ0n) is 13.2. The molecule has 0 saturated carbocycles. The SMILES string of the molecule is CC(C)COc1cccc(O)c1C(=O)/C=C/c1ccc(O)cc1.